The quantitative estimate of drug-likeness (QED) is 0.222. The lowest BCUT2D eigenvalue weighted by Gasteiger charge is -2.35. The van der Waals surface area contributed by atoms with E-state index in [1.165, 1.54) is 29.6 Å². The summed E-state index contributed by atoms with van der Waals surface area (Å²) in [7, 11) is 0. The number of halogens is 6. The van der Waals surface area contributed by atoms with Gasteiger partial charge in [0.25, 0.3) is 0 Å². The van der Waals surface area contributed by atoms with Gasteiger partial charge >= 0.3 is 24.2 Å². The molecule has 0 saturated carbocycles. The highest BCUT2D eigenvalue weighted by Gasteiger charge is 2.44. The first-order chi connectivity index (χ1) is 21.4. The standard InChI is InChI=1S/C30H28F6N2O8/c1-15(39)28(45)8-7-16-19(13-28)25(42)22-21(23(40)17-5-2-3-6-18(17)24(22)41)20(16)14-46-12-11-38(27(44)30(34,35)36)10-4-9-37-26(43)29(31,32)33/h2-3,5-6,42,45H,4,7-14H2,1H3,(H,37,43)/t28-/m1/s1. The predicted octanol–water partition coefficient (Wildman–Crippen LogP) is 2.95. The molecule has 4 rings (SSSR count). The van der Waals surface area contributed by atoms with Gasteiger partial charge in [-0.05, 0) is 37.3 Å². The van der Waals surface area contributed by atoms with Crippen LogP contribution in [0.4, 0.5) is 26.3 Å². The van der Waals surface area contributed by atoms with Gasteiger partial charge in [0.05, 0.1) is 18.8 Å². The molecule has 0 fully saturated rings. The first-order valence-corrected chi connectivity index (χ1v) is 14.0. The van der Waals surface area contributed by atoms with Crippen LogP contribution in [0.25, 0.3) is 0 Å². The van der Waals surface area contributed by atoms with Gasteiger partial charge in [-0.1, -0.05) is 24.3 Å². The monoisotopic (exact) mass is 658 g/mol. The molecular formula is C30H28F6N2O8. The average Bonchev–Trinajstić information content (AvgIpc) is 2.98. The maximum absolute atomic E-state index is 13.6. The zero-order chi connectivity index (χ0) is 34.2. The summed E-state index contributed by atoms with van der Waals surface area (Å²) in [6.45, 7) is -1.92. The third-order valence-corrected chi connectivity index (χ3v) is 8.02. The summed E-state index contributed by atoms with van der Waals surface area (Å²) < 4.78 is 82.3. The number of alkyl halides is 6. The number of phenols is 1. The van der Waals surface area contributed by atoms with Crippen LogP contribution in [0.5, 0.6) is 5.75 Å². The fourth-order valence-electron chi connectivity index (χ4n) is 5.60. The molecule has 0 aromatic heterocycles. The number of carbonyl (C=O) groups excluding carboxylic acids is 5. The zero-order valence-electron chi connectivity index (χ0n) is 24.2. The van der Waals surface area contributed by atoms with Gasteiger partial charge in [0.2, 0.25) is 0 Å². The molecule has 0 heterocycles. The maximum Gasteiger partial charge on any atom is 0.471 e. The van der Waals surface area contributed by atoms with Crippen LogP contribution in [0.1, 0.15) is 68.3 Å². The van der Waals surface area contributed by atoms with E-state index in [9.17, 15) is 60.5 Å². The van der Waals surface area contributed by atoms with E-state index in [0.717, 1.165) is 6.92 Å². The van der Waals surface area contributed by atoms with Gasteiger partial charge in [-0.2, -0.15) is 26.3 Å². The molecule has 0 radical (unpaired) electrons. The van der Waals surface area contributed by atoms with Gasteiger partial charge in [0.15, 0.2) is 17.3 Å². The maximum atomic E-state index is 13.6. The van der Waals surface area contributed by atoms with Gasteiger partial charge in [-0.15, -0.1) is 0 Å². The van der Waals surface area contributed by atoms with Gasteiger partial charge in [-0.3, -0.25) is 24.0 Å². The van der Waals surface area contributed by atoms with Crippen LogP contribution in [-0.4, -0.2) is 88.5 Å². The van der Waals surface area contributed by atoms with Crippen LogP contribution in [-0.2, 0) is 38.6 Å². The van der Waals surface area contributed by atoms with Crippen LogP contribution in [0, 0.1) is 0 Å². The minimum atomic E-state index is -5.32. The third-order valence-electron chi connectivity index (χ3n) is 8.02. The van der Waals surface area contributed by atoms with Crippen molar-refractivity contribution in [2.45, 2.75) is 57.2 Å². The second-order valence-corrected chi connectivity index (χ2v) is 11.0. The molecule has 0 aliphatic heterocycles. The van der Waals surface area contributed by atoms with E-state index in [-0.39, 0.29) is 52.6 Å². The second-order valence-electron chi connectivity index (χ2n) is 11.0. The summed E-state index contributed by atoms with van der Waals surface area (Å²) in [6.07, 6.45) is -11.5. The fraction of sp³-hybridized carbons (Fsp3) is 0.433. The Hall–Kier alpha value is -4.31. The highest BCUT2D eigenvalue weighted by Crippen LogP contribution is 2.44. The Morgan fingerprint density at radius 2 is 1.57 bits per heavy atom. The van der Waals surface area contributed by atoms with Crippen molar-refractivity contribution in [1.29, 1.82) is 0 Å². The third kappa shape index (κ3) is 6.77. The molecule has 2 amide bonds. The number of benzene rings is 2. The van der Waals surface area contributed by atoms with E-state index in [1.807, 2.05) is 0 Å². The first-order valence-electron chi connectivity index (χ1n) is 14.0. The lowest BCUT2D eigenvalue weighted by Crippen LogP contribution is -2.44. The van der Waals surface area contributed by atoms with Crippen LogP contribution < -0.4 is 5.32 Å². The molecule has 2 aliphatic carbocycles. The SMILES string of the molecule is CC(=O)[C@@]1(O)CCc2c(c(O)c3c(c2COCCN(CCCNC(=O)C(F)(F)F)C(=O)C(F)(F)F)C(=O)c2ccccc2C3=O)C1. The Kier molecular flexibility index (Phi) is 9.64. The number of ether oxygens (including phenoxy) is 1. The van der Waals surface area contributed by atoms with Crippen molar-refractivity contribution in [2.75, 3.05) is 26.2 Å². The molecule has 2 aromatic carbocycles. The molecule has 0 unspecified atom stereocenters. The Morgan fingerprint density at radius 1 is 0.957 bits per heavy atom. The number of nitrogens with one attached hydrogen (secondary N) is 1. The Bertz CT molecular complexity index is 1600. The van der Waals surface area contributed by atoms with E-state index >= 15 is 0 Å². The number of carbonyl (C=O) groups is 5. The Labute approximate surface area is 257 Å². The Balaban J connectivity index is 1.59. The van der Waals surface area contributed by atoms with Gasteiger partial charge in [-0.25, -0.2) is 0 Å². The molecule has 10 nitrogen and oxygen atoms in total. The number of hydrogen-bond acceptors (Lipinski definition) is 8. The number of rotatable bonds is 10. The molecule has 2 aliphatic rings. The van der Waals surface area contributed by atoms with Crippen molar-refractivity contribution in [3.8, 4) is 5.75 Å². The van der Waals surface area contributed by atoms with E-state index in [4.69, 9.17) is 4.74 Å². The number of ketones is 3. The second kappa shape index (κ2) is 12.8. The van der Waals surface area contributed by atoms with Crippen molar-refractivity contribution in [3.63, 3.8) is 0 Å². The minimum absolute atomic E-state index is 0.00693. The fourth-order valence-corrected chi connectivity index (χ4v) is 5.60. The molecule has 0 bridgehead atoms. The van der Waals surface area contributed by atoms with E-state index < -0.39 is 92.1 Å². The number of fused-ring (bicyclic) bond motifs is 3. The zero-order valence-corrected chi connectivity index (χ0v) is 24.2. The van der Waals surface area contributed by atoms with Gasteiger partial charge < -0.3 is 25.2 Å². The van der Waals surface area contributed by atoms with Crippen LogP contribution in [0.15, 0.2) is 24.3 Å². The molecule has 46 heavy (non-hydrogen) atoms. The lowest BCUT2D eigenvalue weighted by molar-refractivity contribution is -0.186. The summed E-state index contributed by atoms with van der Waals surface area (Å²) in [5.41, 5.74) is -1.92. The lowest BCUT2D eigenvalue weighted by atomic mass is 9.71. The molecule has 1 atom stereocenters. The van der Waals surface area contributed by atoms with Crippen molar-refractivity contribution in [1.82, 2.24) is 10.2 Å². The number of Topliss-reactive ketones (excluding diaryl/α,β-unsaturated/α-hetero) is 1. The number of aliphatic hydroxyl groups is 1. The van der Waals surface area contributed by atoms with E-state index in [1.54, 1.807) is 0 Å². The summed E-state index contributed by atoms with van der Waals surface area (Å²) >= 11 is 0. The summed E-state index contributed by atoms with van der Waals surface area (Å²) in [6, 6.07) is 5.84. The highest BCUT2D eigenvalue weighted by atomic mass is 19.4. The van der Waals surface area contributed by atoms with Crippen molar-refractivity contribution in [3.05, 3.63) is 63.2 Å². The number of nitrogens with zero attached hydrogens (tertiary/aromatic N) is 1. The largest absolute Gasteiger partial charge is 0.507 e. The smallest absolute Gasteiger partial charge is 0.471 e. The normalized spacial score (nSPS) is 17.6. The van der Waals surface area contributed by atoms with Crippen LogP contribution >= 0.6 is 0 Å². The molecule has 3 N–H and O–H groups in total. The van der Waals surface area contributed by atoms with Crippen molar-refractivity contribution >= 4 is 29.2 Å². The molecular weight excluding hydrogens is 630 g/mol. The molecule has 0 saturated heterocycles. The van der Waals surface area contributed by atoms with Gasteiger partial charge in [0.1, 0.15) is 11.4 Å². The highest BCUT2D eigenvalue weighted by molar-refractivity contribution is 6.30. The van der Waals surface area contributed by atoms with Crippen molar-refractivity contribution in [2.24, 2.45) is 0 Å². The Morgan fingerprint density at radius 3 is 2.13 bits per heavy atom. The van der Waals surface area contributed by atoms with Crippen LogP contribution in [0.2, 0.25) is 0 Å². The number of aromatic hydroxyl groups is 1. The topological polar surface area (TPSA) is 150 Å². The van der Waals surface area contributed by atoms with E-state index in [2.05, 4.69) is 0 Å². The molecule has 2 aromatic rings. The van der Waals surface area contributed by atoms with Gasteiger partial charge in [0, 0.05) is 48.3 Å². The molecule has 0 spiro atoms. The number of phenolic OH excluding ortho intramolecular Hbond substituents is 1. The first kappa shape index (κ1) is 34.6. The average molecular weight is 659 g/mol. The summed E-state index contributed by atoms with van der Waals surface area (Å²) in [4.78, 5) is 62.6. The number of amides is 2. The molecule has 16 heteroatoms. The summed E-state index contributed by atoms with van der Waals surface area (Å²) in [5, 5.41) is 23.6. The molecule has 248 valence electrons. The number of hydrogen-bond donors (Lipinski definition) is 3. The predicted molar refractivity (Wildman–Crippen MR) is 145 cm³/mol. The van der Waals surface area contributed by atoms with Crippen molar-refractivity contribution < 1.29 is 65.3 Å². The minimum Gasteiger partial charge on any atom is -0.507 e. The summed E-state index contributed by atoms with van der Waals surface area (Å²) in [5.74, 6) is -7.10. The van der Waals surface area contributed by atoms with Crippen LogP contribution in [0.3, 0.4) is 0 Å². The van der Waals surface area contributed by atoms with E-state index in [0.29, 0.717) is 10.5 Å².